The first-order valence-corrected chi connectivity index (χ1v) is 9.69. The van der Waals surface area contributed by atoms with E-state index in [0.717, 1.165) is 58.4 Å². The third-order valence-electron chi connectivity index (χ3n) is 5.05. The molecule has 0 unspecified atom stereocenters. The van der Waals surface area contributed by atoms with E-state index in [1.165, 1.54) is 0 Å². The zero-order valence-electron chi connectivity index (χ0n) is 16.1. The number of pyridine rings is 1. The average Bonchev–Trinajstić information content (AvgIpc) is 3.45. The summed E-state index contributed by atoms with van der Waals surface area (Å²) in [7, 11) is 0. The summed E-state index contributed by atoms with van der Waals surface area (Å²) >= 11 is 0. The van der Waals surface area contributed by atoms with Gasteiger partial charge in [-0.05, 0) is 54.4 Å². The van der Waals surface area contributed by atoms with Gasteiger partial charge in [0.1, 0.15) is 5.82 Å². The van der Waals surface area contributed by atoms with Gasteiger partial charge in [0, 0.05) is 18.2 Å². The highest BCUT2D eigenvalue weighted by atomic mass is 16.7. The molecule has 2 aromatic carbocycles. The summed E-state index contributed by atoms with van der Waals surface area (Å²) in [5.41, 5.74) is 5.32. The second-order valence-corrected chi connectivity index (χ2v) is 7.00. The van der Waals surface area contributed by atoms with Crippen molar-refractivity contribution in [3.05, 3.63) is 83.8 Å². The van der Waals surface area contributed by atoms with Crippen molar-refractivity contribution < 1.29 is 9.47 Å². The van der Waals surface area contributed by atoms with Crippen LogP contribution in [0.4, 0.5) is 0 Å². The van der Waals surface area contributed by atoms with Gasteiger partial charge < -0.3 is 14.5 Å². The highest BCUT2D eigenvalue weighted by Gasteiger charge is 2.19. The Balaban J connectivity index is 1.48. The van der Waals surface area contributed by atoms with Crippen molar-refractivity contribution in [2.75, 3.05) is 6.79 Å². The number of aryl methyl sites for hydroxylation is 2. The number of H-pyrrole nitrogens is 1. The first-order chi connectivity index (χ1) is 14.8. The number of imidazole rings is 1. The predicted molar refractivity (Wildman–Crippen MR) is 112 cm³/mol. The fourth-order valence-corrected chi connectivity index (χ4v) is 3.50. The highest BCUT2D eigenvalue weighted by Crippen LogP contribution is 2.38. The number of nitrogens with zero attached hydrogens (tertiary/aromatic N) is 3. The Labute approximate surface area is 173 Å². The van der Waals surface area contributed by atoms with Crippen LogP contribution in [-0.4, -0.2) is 21.7 Å². The number of hydrogen-bond acceptors (Lipinski definition) is 5. The van der Waals surface area contributed by atoms with Crippen LogP contribution in [0.2, 0.25) is 0 Å². The monoisotopic (exact) mass is 394 g/mol. The summed E-state index contributed by atoms with van der Waals surface area (Å²) in [6.07, 6.45) is 3.34. The van der Waals surface area contributed by atoms with E-state index in [1.54, 1.807) is 6.20 Å². The number of nitriles is 1. The maximum atomic E-state index is 8.96. The quantitative estimate of drug-likeness (QED) is 0.538. The smallest absolute Gasteiger partial charge is 0.231 e. The molecule has 0 radical (unpaired) electrons. The van der Waals surface area contributed by atoms with Crippen LogP contribution in [0.15, 0.2) is 66.9 Å². The normalized spacial score (nSPS) is 12.0. The molecule has 0 atom stereocenters. The van der Waals surface area contributed by atoms with Crippen molar-refractivity contribution in [3.8, 4) is 40.2 Å². The molecule has 6 nitrogen and oxygen atoms in total. The Hall–Kier alpha value is -4.11. The van der Waals surface area contributed by atoms with Crippen LogP contribution in [0.1, 0.15) is 17.0 Å². The Kier molecular flexibility index (Phi) is 4.62. The van der Waals surface area contributed by atoms with Crippen molar-refractivity contribution in [1.29, 1.82) is 5.26 Å². The molecule has 146 valence electrons. The summed E-state index contributed by atoms with van der Waals surface area (Å²) in [5, 5.41) is 8.96. The van der Waals surface area contributed by atoms with E-state index >= 15 is 0 Å². The molecule has 1 aliphatic heterocycles. The minimum atomic E-state index is 0.238. The minimum absolute atomic E-state index is 0.238. The zero-order valence-corrected chi connectivity index (χ0v) is 16.1. The van der Waals surface area contributed by atoms with E-state index < -0.39 is 0 Å². The molecule has 0 bridgehead atoms. The highest BCUT2D eigenvalue weighted by molar-refractivity contribution is 5.78. The molecular formula is C24H18N4O2. The maximum absolute atomic E-state index is 8.96. The Morgan fingerprint density at radius 2 is 1.83 bits per heavy atom. The zero-order chi connectivity index (χ0) is 20.3. The van der Waals surface area contributed by atoms with Crippen molar-refractivity contribution >= 4 is 0 Å². The molecular weight excluding hydrogens is 376 g/mol. The van der Waals surface area contributed by atoms with Gasteiger partial charge in [0.2, 0.25) is 6.79 Å². The second-order valence-electron chi connectivity index (χ2n) is 7.00. The lowest BCUT2D eigenvalue weighted by molar-refractivity contribution is 0.174. The van der Waals surface area contributed by atoms with Gasteiger partial charge in [0.05, 0.1) is 28.7 Å². The third-order valence-corrected chi connectivity index (χ3v) is 5.05. The van der Waals surface area contributed by atoms with Crippen LogP contribution in [0, 0.1) is 11.3 Å². The molecule has 30 heavy (non-hydrogen) atoms. The Morgan fingerprint density at radius 1 is 0.967 bits per heavy atom. The average molecular weight is 394 g/mol. The van der Waals surface area contributed by atoms with E-state index in [2.05, 4.69) is 16.0 Å². The van der Waals surface area contributed by atoms with Gasteiger partial charge in [-0.15, -0.1) is 0 Å². The van der Waals surface area contributed by atoms with Crippen LogP contribution in [0.25, 0.3) is 22.6 Å². The second kappa shape index (κ2) is 7.72. The van der Waals surface area contributed by atoms with E-state index in [-0.39, 0.29) is 6.79 Å². The molecule has 4 aromatic rings. The van der Waals surface area contributed by atoms with Crippen molar-refractivity contribution in [1.82, 2.24) is 15.0 Å². The summed E-state index contributed by atoms with van der Waals surface area (Å²) in [4.78, 5) is 12.8. The summed E-state index contributed by atoms with van der Waals surface area (Å²) < 4.78 is 11.0. The molecule has 3 heterocycles. The third kappa shape index (κ3) is 3.49. The maximum Gasteiger partial charge on any atom is 0.231 e. The van der Waals surface area contributed by atoms with E-state index in [4.69, 9.17) is 19.7 Å². The predicted octanol–water partition coefficient (Wildman–Crippen LogP) is 4.52. The van der Waals surface area contributed by atoms with Gasteiger partial charge in [-0.2, -0.15) is 5.26 Å². The number of aromatic amines is 1. The molecule has 0 spiro atoms. The standard InChI is InChI=1S/C24H18N4O2/c25-14-17-6-4-16(5-7-17)8-11-22-27-23(24(28-22)19-3-1-2-12-26-19)18-9-10-20-21(13-18)30-15-29-20/h1-7,9-10,12-13H,8,11,15H2,(H,27,28). The first-order valence-electron chi connectivity index (χ1n) is 9.69. The molecule has 1 aliphatic rings. The molecule has 2 aromatic heterocycles. The van der Waals surface area contributed by atoms with Crippen LogP contribution in [0.5, 0.6) is 11.5 Å². The largest absolute Gasteiger partial charge is 0.454 e. The van der Waals surface area contributed by atoms with Crippen LogP contribution in [0.3, 0.4) is 0 Å². The first kappa shape index (κ1) is 18.0. The van der Waals surface area contributed by atoms with Crippen LogP contribution >= 0.6 is 0 Å². The SMILES string of the molecule is N#Cc1ccc(CCc2nc(-c3ccc4c(c3)OCO4)c(-c3ccccn3)[nH]2)cc1. The van der Waals surface area contributed by atoms with E-state index in [1.807, 2.05) is 60.7 Å². The number of aromatic nitrogens is 3. The van der Waals surface area contributed by atoms with Gasteiger partial charge in [-0.3, -0.25) is 4.98 Å². The molecule has 0 fully saturated rings. The van der Waals surface area contributed by atoms with Crippen molar-refractivity contribution in [2.45, 2.75) is 12.8 Å². The number of rotatable bonds is 5. The molecule has 0 amide bonds. The van der Waals surface area contributed by atoms with Gasteiger partial charge in [0.25, 0.3) is 0 Å². The number of fused-ring (bicyclic) bond motifs is 1. The van der Waals surface area contributed by atoms with Gasteiger partial charge in [0.15, 0.2) is 11.5 Å². The fourth-order valence-electron chi connectivity index (χ4n) is 3.50. The lowest BCUT2D eigenvalue weighted by Crippen LogP contribution is -1.94. The van der Waals surface area contributed by atoms with Crippen LogP contribution < -0.4 is 9.47 Å². The molecule has 0 saturated heterocycles. The molecule has 6 heteroatoms. The summed E-state index contributed by atoms with van der Waals surface area (Å²) in [6.45, 7) is 0.238. The number of ether oxygens (including phenoxy) is 2. The van der Waals surface area contributed by atoms with E-state index in [0.29, 0.717) is 5.56 Å². The van der Waals surface area contributed by atoms with Gasteiger partial charge >= 0.3 is 0 Å². The minimum Gasteiger partial charge on any atom is -0.454 e. The van der Waals surface area contributed by atoms with Crippen LogP contribution in [-0.2, 0) is 12.8 Å². The van der Waals surface area contributed by atoms with Gasteiger partial charge in [-0.1, -0.05) is 18.2 Å². The van der Waals surface area contributed by atoms with Gasteiger partial charge in [-0.25, -0.2) is 4.98 Å². The molecule has 5 rings (SSSR count). The number of benzene rings is 2. The molecule has 0 saturated carbocycles. The topological polar surface area (TPSA) is 83.8 Å². The lowest BCUT2D eigenvalue weighted by atomic mass is 10.1. The van der Waals surface area contributed by atoms with Crippen molar-refractivity contribution in [2.24, 2.45) is 0 Å². The summed E-state index contributed by atoms with van der Waals surface area (Å²) in [6, 6.07) is 21.5. The number of hydrogen-bond donors (Lipinski definition) is 1. The fraction of sp³-hybridized carbons (Fsp3) is 0.125. The van der Waals surface area contributed by atoms with E-state index in [9.17, 15) is 0 Å². The Morgan fingerprint density at radius 3 is 2.63 bits per heavy atom. The molecule has 1 N–H and O–H groups in total. The molecule has 0 aliphatic carbocycles. The lowest BCUT2D eigenvalue weighted by Gasteiger charge is -2.03. The number of nitrogens with one attached hydrogen (secondary N) is 1. The van der Waals surface area contributed by atoms with Crippen molar-refractivity contribution in [3.63, 3.8) is 0 Å². The summed E-state index contributed by atoms with van der Waals surface area (Å²) in [5.74, 6) is 2.35. The Bertz CT molecular complexity index is 1220.